The Morgan fingerprint density at radius 1 is 1.17 bits per heavy atom. The number of hydrogen-bond donors (Lipinski definition) is 2. The number of amides is 2. The minimum absolute atomic E-state index is 0.0582. The molecule has 0 bridgehead atoms. The second kappa shape index (κ2) is 8.46. The summed E-state index contributed by atoms with van der Waals surface area (Å²) in [6.07, 6.45) is 1.13. The fourth-order valence-corrected chi connectivity index (χ4v) is 3.67. The molecule has 8 heteroatoms. The van der Waals surface area contributed by atoms with Crippen molar-refractivity contribution in [2.75, 3.05) is 20.2 Å². The van der Waals surface area contributed by atoms with Gasteiger partial charge in [-0.2, -0.15) is 0 Å². The molecule has 2 amide bonds. The van der Waals surface area contributed by atoms with E-state index in [1.807, 2.05) is 0 Å². The summed E-state index contributed by atoms with van der Waals surface area (Å²) >= 11 is 0. The molecule has 3 rings (SSSR count). The van der Waals surface area contributed by atoms with E-state index in [0.29, 0.717) is 48.4 Å². The highest BCUT2D eigenvalue weighted by molar-refractivity contribution is 6.00. The number of piperidine rings is 1. The number of ether oxygens (including phenoxy) is 1. The minimum atomic E-state index is -0.535. The molecule has 1 aromatic carbocycles. The number of halogens is 1. The largest absolute Gasteiger partial charge is 0.465 e. The zero-order valence-corrected chi connectivity index (χ0v) is 16.7. The maximum Gasteiger partial charge on any atom is 0.339 e. The molecule has 0 spiro atoms. The molecular formula is C21H24FN3O4. The summed E-state index contributed by atoms with van der Waals surface area (Å²) in [5, 5.41) is 2.95. The first-order chi connectivity index (χ1) is 13.8. The van der Waals surface area contributed by atoms with Gasteiger partial charge in [-0.05, 0) is 44.4 Å². The van der Waals surface area contributed by atoms with Gasteiger partial charge in [-0.1, -0.05) is 12.1 Å². The number of aromatic amines is 1. The number of carbonyl (C=O) groups excluding carboxylic acids is 3. The van der Waals surface area contributed by atoms with Crippen molar-refractivity contribution in [3.05, 3.63) is 58.2 Å². The lowest BCUT2D eigenvalue weighted by molar-refractivity contribution is 0.0598. The van der Waals surface area contributed by atoms with Gasteiger partial charge in [0.25, 0.3) is 11.8 Å². The highest BCUT2D eigenvalue weighted by Crippen LogP contribution is 2.20. The normalized spacial score (nSPS) is 14.6. The van der Waals surface area contributed by atoms with Gasteiger partial charge in [0.15, 0.2) is 0 Å². The molecule has 29 heavy (non-hydrogen) atoms. The van der Waals surface area contributed by atoms with E-state index in [4.69, 9.17) is 4.74 Å². The van der Waals surface area contributed by atoms with Gasteiger partial charge in [-0.25, -0.2) is 9.18 Å². The predicted octanol–water partition coefficient (Wildman–Crippen LogP) is 2.59. The molecule has 1 aliphatic rings. The zero-order valence-electron chi connectivity index (χ0n) is 16.7. The first-order valence-electron chi connectivity index (χ1n) is 9.45. The quantitative estimate of drug-likeness (QED) is 0.771. The van der Waals surface area contributed by atoms with Gasteiger partial charge >= 0.3 is 5.97 Å². The number of rotatable bonds is 4. The Hall–Kier alpha value is -3.16. The van der Waals surface area contributed by atoms with Crippen molar-refractivity contribution in [2.45, 2.75) is 32.7 Å². The number of H-pyrrole nitrogens is 1. The lowest BCUT2D eigenvalue weighted by Crippen LogP contribution is -2.46. The Kier molecular flexibility index (Phi) is 6.00. The molecule has 1 aromatic heterocycles. The van der Waals surface area contributed by atoms with E-state index in [1.54, 1.807) is 30.9 Å². The van der Waals surface area contributed by atoms with E-state index < -0.39 is 11.8 Å². The van der Waals surface area contributed by atoms with E-state index in [0.717, 1.165) is 0 Å². The van der Waals surface area contributed by atoms with Crippen molar-refractivity contribution >= 4 is 17.8 Å². The maximum absolute atomic E-state index is 13.8. The van der Waals surface area contributed by atoms with Crippen molar-refractivity contribution in [1.82, 2.24) is 15.2 Å². The summed E-state index contributed by atoms with van der Waals surface area (Å²) in [6.45, 7) is 4.26. The number of esters is 1. The van der Waals surface area contributed by atoms with Crippen LogP contribution in [-0.2, 0) is 4.74 Å². The molecule has 1 aliphatic heterocycles. The van der Waals surface area contributed by atoms with Gasteiger partial charge in [-0.15, -0.1) is 0 Å². The molecule has 2 aromatic rings. The number of nitrogens with one attached hydrogen (secondary N) is 2. The summed E-state index contributed by atoms with van der Waals surface area (Å²) in [4.78, 5) is 41.6. The Morgan fingerprint density at radius 2 is 1.83 bits per heavy atom. The Balaban J connectivity index is 1.61. The first-order valence-corrected chi connectivity index (χ1v) is 9.45. The molecule has 0 atom stereocenters. The van der Waals surface area contributed by atoms with Crippen LogP contribution in [0, 0.1) is 19.7 Å². The van der Waals surface area contributed by atoms with Gasteiger partial charge in [0, 0.05) is 24.8 Å². The van der Waals surface area contributed by atoms with E-state index in [2.05, 4.69) is 10.3 Å². The van der Waals surface area contributed by atoms with Crippen LogP contribution >= 0.6 is 0 Å². The van der Waals surface area contributed by atoms with Crippen LogP contribution in [-0.4, -0.2) is 53.9 Å². The summed E-state index contributed by atoms with van der Waals surface area (Å²) in [5.41, 5.74) is 1.86. The van der Waals surface area contributed by atoms with Crippen LogP contribution in [0.2, 0.25) is 0 Å². The third-order valence-electron chi connectivity index (χ3n) is 5.28. The molecule has 154 valence electrons. The average molecular weight is 401 g/mol. The third-order valence-corrected chi connectivity index (χ3v) is 5.28. The highest BCUT2D eigenvalue weighted by atomic mass is 19.1. The summed E-state index contributed by atoms with van der Waals surface area (Å²) in [7, 11) is 1.30. The van der Waals surface area contributed by atoms with Crippen LogP contribution in [0.15, 0.2) is 24.3 Å². The van der Waals surface area contributed by atoms with Crippen molar-refractivity contribution in [1.29, 1.82) is 0 Å². The Labute approximate surface area is 168 Å². The number of likely N-dealkylation sites (tertiary alicyclic amines) is 1. The van der Waals surface area contributed by atoms with Crippen molar-refractivity contribution < 1.29 is 23.5 Å². The number of aromatic nitrogens is 1. The number of benzene rings is 1. The Morgan fingerprint density at radius 3 is 2.45 bits per heavy atom. The van der Waals surface area contributed by atoms with E-state index in [-0.39, 0.29) is 23.4 Å². The van der Waals surface area contributed by atoms with Crippen LogP contribution in [0.5, 0.6) is 0 Å². The predicted molar refractivity (Wildman–Crippen MR) is 104 cm³/mol. The highest BCUT2D eigenvalue weighted by Gasteiger charge is 2.28. The molecule has 0 radical (unpaired) electrons. The zero-order chi connectivity index (χ0) is 21.1. The fraction of sp³-hybridized carbons (Fsp3) is 0.381. The van der Waals surface area contributed by atoms with Crippen molar-refractivity contribution in [3.8, 4) is 0 Å². The topological polar surface area (TPSA) is 91.5 Å². The lowest BCUT2D eigenvalue weighted by Gasteiger charge is -2.32. The smallest absolute Gasteiger partial charge is 0.339 e. The maximum atomic E-state index is 13.8. The molecule has 0 aliphatic carbocycles. The second-order valence-corrected chi connectivity index (χ2v) is 7.14. The molecule has 2 N–H and O–H groups in total. The van der Waals surface area contributed by atoms with Crippen molar-refractivity contribution in [3.63, 3.8) is 0 Å². The van der Waals surface area contributed by atoms with Crippen LogP contribution < -0.4 is 5.32 Å². The standard InChI is InChI=1S/C21H24FN3O4/c1-12-17(21(28)29-3)13(2)23-18(12)19(26)24-14-8-10-25(11-9-14)20(27)15-6-4-5-7-16(15)22/h4-7,14,23H,8-11H2,1-3H3,(H,24,26). The molecule has 0 unspecified atom stereocenters. The molecular weight excluding hydrogens is 377 g/mol. The van der Waals surface area contributed by atoms with E-state index >= 15 is 0 Å². The fourth-order valence-electron chi connectivity index (χ4n) is 3.67. The van der Waals surface area contributed by atoms with E-state index in [1.165, 1.54) is 19.2 Å². The lowest BCUT2D eigenvalue weighted by atomic mass is 10.0. The van der Waals surface area contributed by atoms with Gasteiger partial charge in [0.2, 0.25) is 0 Å². The number of aryl methyl sites for hydroxylation is 1. The Bertz CT molecular complexity index is 945. The molecule has 7 nitrogen and oxygen atoms in total. The summed E-state index contributed by atoms with van der Waals surface area (Å²) in [5.74, 6) is -1.67. The number of carbonyl (C=O) groups is 3. The first kappa shape index (κ1) is 20.6. The molecule has 0 saturated carbocycles. The van der Waals surface area contributed by atoms with Crippen LogP contribution in [0.1, 0.15) is 55.3 Å². The number of hydrogen-bond acceptors (Lipinski definition) is 4. The second-order valence-electron chi connectivity index (χ2n) is 7.14. The summed E-state index contributed by atoms with van der Waals surface area (Å²) < 4.78 is 18.6. The SMILES string of the molecule is COC(=O)c1c(C)[nH]c(C(=O)NC2CCN(C(=O)c3ccccc3F)CC2)c1C. The van der Waals surface area contributed by atoms with Crippen LogP contribution in [0.4, 0.5) is 4.39 Å². The molecule has 1 saturated heterocycles. The number of nitrogens with zero attached hydrogens (tertiary/aromatic N) is 1. The van der Waals surface area contributed by atoms with E-state index in [9.17, 15) is 18.8 Å². The van der Waals surface area contributed by atoms with Crippen LogP contribution in [0.25, 0.3) is 0 Å². The van der Waals surface area contributed by atoms with Gasteiger partial charge in [0.1, 0.15) is 11.5 Å². The van der Waals surface area contributed by atoms with Gasteiger partial charge < -0.3 is 19.9 Å². The monoisotopic (exact) mass is 401 g/mol. The molecule has 1 fully saturated rings. The van der Waals surface area contributed by atoms with Crippen LogP contribution in [0.3, 0.4) is 0 Å². The number of methoxy groups -OCH3 is 1. The average Bonchev–Trinajstić information content (AvgIpc) is 3.02. The third kappa shape index (κ3) is 4.16. The van der Waals surface area contributed by atoms with Gasteiger partial charge in [-0.3, -0.25) is 9.59 Å². The minimum Gasteiger partial charge on any atom is -0.465 e. The van der Waals surface area contributed by atoms with Gasteiger partial charge in [0.05, 0.1) is 18.2 Å². The van der Waals surface area contributed by atoms with Crippen molar-refractivity contribution in [2.24, 2.45) is 0 Å². The molecule has 2 heterocycles. The summed E-state index contributed by atoms with van der Waals surface area (Å²) in [6, 6.07) is 5.80.